The molecular weight excluding hydrogens is 210 g/mol. The Morgan fingerprint density at radius 1 is 1.25 bits per heavy atom. The van der Waals surface area contributed by atoms with Crippen molar-refractivity contribution in [3.63, 3.8) is 0 Å². The molecule has 3 rings (SSSR count). The zero-order valence-electron chi connectivity index (χ0n) is 8.71. The molecule has 1 aromatic carbocycles. The summed E-state index contributed by atoms with van der Waals surface area (Å²) in [7, 11) is 0. The van der Waals surface area contributed by atoms with Gasteiger partial charge in [-0.3, -0.25) is 0 Å². The monoisotopic (exact) mass is 222 g/mol. The lowest BCUT2D eigenvalue weighted by Gasteiger charge is -2.18. The van der Waals surface area contributed by atoms with Gasteiger partial charge in [0.25, 0.3) is 5.92 Å². The van der Waals surface area contributed by atoms with E-state index < -0.39 is 5.92 Å². The Morgan fingerprint density at radius 2 is 2.12 bits per heavy atom. The zero-order chi connectivity index (χ0) is 11.2. The first-order valence-corrected chi connectivity index (χ1v) is 5.34. The van der Waals surface area contributed by atoms with E-state index in [0.717, 1.165) is 16.6 Å². The van der Waals surface area contributed by atoms with E-state index in [1.807, 2.05) is 30.5 Å². The summed E-state index contributed by atoms with van der Waals surface area (Å²) in [5, 5.41) is 1.06. The summed E-state index contributed by atoms with van der Waals surface area (Å²) in [6.45, 7) is 0.270. The van der Waals surface area contributed by atoms with Gasteiger partial charge in [0.15, 0.2) is 0 Å². The summed E-state index contributed by atoms with van der Waals surface area (Å²) < 4.78 is 26.2. The molecule has 2 aromatic rings. The van der Waals surface area contributed by atoms with Gasteiger partial charge in [-0.25, -0.2) is 8.78 Å². The third kappa shape index (κ3) is 1.54. The predicted octanol–water partition coefficient (Wildman–Crippen LogP) is 3.01. The minimum Gasteiger partial charge on any atom is -0.365 e. The van der Waals surface area contributed by atoms with Gasteiger partial charge in [-0.15, -0.1) is 0 Å². The van der Waals surface area contributed by atoms with Gasteiger partial charge in [0.2, 0.25) is 0 Å². The highest BCUT2D eigenvalue weighted by Crippen LogP contribution is 2.31. The zero-order valence-corrected chi connectivity index (χ0v) is 8.71. The summed E-state index contributed by atoms with van der Waals surface area (Å²) >= 11 is 0. The smallest absolute Gasteiger partial charge is 0.266 e. The van der Waals surface area contributed by atoms with Crippen molar-refractivity contribution < 1.29 is 8.78 Å². The molecule has 0 aliphatic carbocycles. The normalized spacial score (nSPS) is 19.5. The molecule has 1 saturated heterocycles. The number of anilines is 1. The van der Waals surface area contributed by atoms with E-state index in [1.165, 1.54) is 0 Å². The summed E-state index contributed by atoms with van der Waals surface area (Å²) in [6.07, 6.45) is 1.81. The van der Waals surface area contributed by atoms with Crippen LogP contribution >= 0.6 is 0 Å². The minimum absolute atomic E-state index is 0.0435. The van der Waals surface area contributed by atoms with Crippen molar-refractivity contribution in [2.75, 3.05) is 18.0 Å². The highest BCUT2D eigenvalue weighted by Gasteiger charge is 2.38. The Labute approximate surface area is 91.9 Å². The number of fused-ring (bicyclic) bond motifs is 1. The molecule has 0 spiro atoms. The fourth-order valence-corrected chi connectivity index (χ4v) is 2.19. The van der Waals surface area contributed by atoms with Gasteiger partial charge in [-0.2, -0.15) is 0 Å². The van der Waals surface area contributed by atoms with E-state index in [0.29, 0.717) is 6.54 Å². The summed E-state index contributed by atoms with van der Waals surface area (Å²) in [5.74, 6) is -2.53. The number of nitrogens with zero attached hydrogens (tertiary/aromatic N) is 1. The number of benzene rings is 1. The number of halogens is 2. The van der Waals surface area contributed by atoms with Crippen molar-refractivity contribution in [3.05, 3.63) is 30.5 Å². The fourth-order valence-electron chi connectivity index (χ4n) is 2.19. The summed E-state index contributed by atoms with van der Waals surface area (Å²) in [6, 6.07) is 7.72. The van der Waals surface area contributed by atoms with Crippen LogP contribution < -0.4 is 4.90 Å². The Hall–Kier alpha value is -1.58. The van der Waals surface area contributed by atoms with E-state index in [4.69, 9.17) is 0 Å². The van der Waals surface area contributed by atoms with Crippen molar-refractivity contribution in [2.45, 2.75) is 12.3 Å². The maximum Gasteiger partial charge on any atom is 0.266 e. The maximum absolute atomic E-state index is 13.1. The molecule has 0 atom stereocenters. The number of nitrogens with one attached hydrogen (secondary N) is 1. The Morgan fingerprint density at radius 3 is 2.88 bits per heavy atom. The molecule has 1 fully saturated rings. The van der Waals surface area contributed by atoms with E-state index >= 15 is 0 Å². The number of hydrogen-bond donors (Lipinski definition) is 1. The van der Waals surface area contributed by atoms with Gasteiger partial charge in [0.1, 0.15) is 0 Å². The van der Waals surface area contributed by atoms with Crippen LogP contribution in [-0.2, 0) is 0 Å². The van der Waals surface area contributed by atoms with Crippen LogP contribution in [0.4, 0.5) is 14.5 Å². The van der Waals surface area contributed by atoms with Gasteiger partial charge < -0.3 is 9.88 Å². The molecule has 1 aliphatic heterocycles. The molecular formula is C12H12F2N2. The third-order valence-electron chi connectivity index (χ3n) is 3.07. The van der Waals surface area contributed by atoms with Crippen LogP contribution in [0.15, 0.2) is 30.5 Å². The molecule has 0 amide bonds. The van der Waals surface area contributed by atoms with Crippen molar-refractivity contribution in [3.8, 4) is 0 Å². The van der Waals surface area contributed by atoms with Gasteiger partial charge in [0, 0.05) is 35.8 Å². The number of rotatable bonds is 1. The standard InChI is InChI=1S/C12H12F2N2/c13-12(14)4-6-16(8-12)10-1-2-11-9(7-10)3-5-15-11/h1-3,5,7,15H,4,6,8H2. The quantitative estimate of drug-likeness (QED) is 0.785. The second kappa shape index (κ2) is 3.20. The predicted molar refractivity (Wildman–Crippen MR) is 60.1 cm³/mol. The van der Waals surface area contributed by atoms with Gasteiger partial charge in [0.05, 0.1) is 6.54 Å². The molecule has 2 nitrogen and oxygen atoms in total. The van der Waals surface area contributed by atoms with Crippen LogP contribution in [0.1, 0.15) is 6.42 Å². The average molecular weight is 222 g/mol. The largest absolute Gasteiger partial charge is 0.365 e. The minimum atomic E-state index is -2.53. The van der Waals surface area contributed by atoms with Gasteiger partial charge in [-0.05, 0) is 24.3 Å². The molecule has 84 valence electrons. The Bertz CT molecular complexity index is 518. The number of aromatic nitrogens is 1. The summed E-state index contributed by atoms with van der Waals surface area (Å²) in [5.41, 5.74) is 1.92. The second-order valence-electron chi connectivity index (χ2n) is 4.28. The SMILES string of the molecule is FC1(F)CCN(c2ccc3[nH]ccc3c2)C1. The van der Waals surface area contributed by atoms with Crippen molar-refractivity contribution >= 4 is 16.6 Å². The van der Waals surface area contributed by atoms with E-state index in [-0.39, 0.29) is 13.0 Å². The molecule has 1 aromatic heterocycles. The van der Waals surface area contributed by atoms with Gasteiger partial charge >= 0.3 is 0 Å². The molecule has 0 radical (unpaired) electrons. The lowest BCUT2D eigenvalue weighted by atomic mass is 10.2. The number of aromatic amines is 1. The molecule has 2 heterocycles. The van der Waals surface area contributed by atoms with Crippen LogP contribution in [0.2, 0.25) is 0 Å². The van der Waals surface area contributed by atoms with Crippen LogP contribution in [0.5, 0.6) is 0 Å². The highest BCUT2D eigenvalue weighted by atomic mass is 19.3. The van der Waals surface area contributed by atoms with E-state index in [9.17, 15) is 8.78 Å². The molecule has 1 aliphatic rings. The third-order valence-corrected chi connectivity index (χ3v) is 3.07. The molecule has 4 heteroatoms. The molecule has 16 heavy (non-hydrogen) atoms. The fraction of sp³-hybridized carbons (Fsp3) is 0.333. The maximum atomic E-state index is 13.1. The second-order valence-corrected chi connectivity index (χ2v) is 4.28. The van der Waals surface area contributed by atoms with Crippen molar-refractivity contribution in [1.82, 2.24) is 4.98 Å². The Kier molecular flexibility index (Phi) is 1.93. The first-order chi connectivity index (χ1) is 7.64. The molecule has 1 N–H and O–H groups in total. The van der Waals surface area contributed by atoms with Crippen LogP contribution in [0.25, 0.3) is 10.9 Å². The average Bonchev–Trinajstić information content (AvgIpc) is 2.82. The molecule has 0 saturated carbocycles. The number of alkyl halides is 2. The highest BCUT2D eigenvalue weighted by molar-refractivity contribution is 5.83. The van der Waals surface area contributed by atoms with Crippen LogP contribution in [0, 0.1) is 0 Å². The topological polar surface area (TPSA) is 19.0 Å². The van der Waals surface area contributed by atoms with E-state index in [1.54, 1.807) is 4.90 Å². The van der Waals surface area contributed by atoms with Gasteiger partial charge in [-0.1, -0.05) is 0 Å². The lowest BCUT2D eigenvalue weighted by molar-refractivity contribution is 0.0257. The molecule has 0 bridgehead atoms. The first kappa shape index (κ1) is 9.63. The van der Waals surface area contributed by atoms with Crippen molar-refractivity contribution in [1.29, 1.82) is 0 Å². The van der Waals surface area contributed by atoms with Crippen LogP contribution in [-0.4, -0.2) is 24.0 Å². The Balaban J connectivity index is 1.94. The van der Waals surface area contributed by atoms with E-state index in [2.05, 4.69) is 4.98 Å². The van der Waals surface area contributed by atoms with Crippen molar-refractivity contribution in [2.24, 2.45) is 0 Å². The first-order valence-electron chi connectivity index (χ1n) is 5.34. The number of hydrogen-bond acceptors (Lipinski definition) is 1. The summed E-state index contributed by atoms with van der Waals surface area (Å²) in [4.78, 5) is 4.83. The lowest BCUT2D eigenvalue weighted by Crippen LogP contribution is -2.24. The van der Waals surface area contributed by atoms with Crippen LogP contribution in [0.3, 0.4) is 0 Å². The number of H-pyrrole nitrogens is 1. The molecule has 0 unspecified atom stereocenters.